The highest BCUT2D eigenvalue weighted by atomic mass is 16.7. The van der Waals surface area contributed by atoms with Gasteiger partial charge in [0.05, 0.1) is 12.7 Å². The van der Waals surface area contributed by atoms with Crippen LogP contribution in [0.25, 0.3) is 0 Å². The van der Waals surface area contributed by atoms with Gasteiger partial charge in [0.15, 0.2) is 5.79 Å². The summed E-state index contributed by atoms with van der Waals surface area (Å²) in [5.74, 6) is 1.12. The molecule has 2 aliphatic carbocycles. The highest BCUT2D eigenvalue weighted by Gasteiger charge is 2.58. The number of carbonyl (C=O) groups is 1. The molecule has 0 radical (unpaired) electrons. The summed E-state index contributed by atoms with van der Waals surface area (Å²) in [7, 11) is 0. The van der Waals surface area contributed by atoms with Crippen LogP contribution < -0.4 is 0 Å². The smallest absolute Gasteiger partial charge is 0.163 e. The Bertz CT molecular complexity index is 426. The maximum atomic E-state index is 12.3. The Morgan fingerprint density at radius 2 is 1.85 bits per heavy atom. The van der Waals surface area contributed by atoms with Crippen LogP contribution in [0.5, 0.6) is 0 Å². The van der Waals surface area contributed by atoms with E-state index in [2.05, 4.69) is 20.8 Å². The van der Waals surface area contributed by atoms with Crippen molar-refractivity contribution >= 4 is 5.78 Å². The van der Waals surface area contributed by atoms with Crippen LogP contribution in [-0.2, 0) is 14.3 Å². The minimum Gasteiger partial charge on any atom is -0.348 e. The standard InChI is InChI=1S/C17H28O3/c1-15(2)12-6-7-17(5,13(12)8-14(15)18)9-11-10-19-16(3,4)20-11/h11-13H,6-10H2,1-5H3/t11-,12-,13-,17+/m0/s1. The number of Topliss-reactive ketones (excluding diaryl/α,β-unsaturated/α-hetero) is 1. The van der Waals surface area contributed by atoms with Crippen LogP contribution in [0.3, 0.4) is 0 Å². The van der Waals surface area contributed by atoms with E-state index in [1.54, 1.807) is 0 Å². The summed E-state index contributed by atoms with van der Waals surface area (Å²) in [5.41, 5.74) is 0.122. The molecule has 114 valence electrons. The SMILES string of the molecule is CC1(C)OC[C@H](C[C@@]2(C)CC[C@H]3[C@@H]2CC(=O)C3(C)C)O1. The van der Waals surface area contributed by atoms with Gasteiger partial charge in [-0.05, 0) is 50.4 Å². The molecule has 0 amide bonds. The number of fused-ring (bicyclic) bond motifs is 1. The van der Waals surface area contributed by atoms with Gasteiger partial charge in [0.2, 0.25) is 0 Å². The molecule has 0 aromatic carbocycles. The van der Waals surface area contributed by atoms with E-state index in [1.165, 1.54) is 12.8 Å². The molecule has 0 aromatic heterocycles. The molecule has 1 saturated heterocycles. The van der Waals surface area contributed by atoms with E-state index in [0.717, 1.165) is 12.8 Å². The molecule has 3 aliphatic rings. The van der Waals surface area contributed by atoms with Crippen molar-refractivity contribution in [3.05, 3.63) is 0 Å². The van der Waals surface area contributed by atoms with Gasteiger partial charge >= 0.3 is 0 Å². The Balaban J connectivity index is 1.73. The van der Waals surface area contributed by atoms with Gasteiger partial charge in [-0.2, -0.15) is 0 Å². The van der Waals surface area contributed by atoms with Crippen LogP contribution in [0.15, 0.2) is 0 Å². The first-order valence-corrected chi connectivity index (χ1v) is 7.99. The Kier molecular flexibility index (Phi) is 3.12. The molecule has 0 spiro atoms. The Morgan fingerprint density at radius 1 is 1.15 bits per heavy atom. The van der Waals surface area contributed by atoms with E-state index in [-0.39, 0.29) is 16.9 Å². The zero-order valence-corrected chi connectivity index (χ0v) is 13.5. The molecule has 0 bridgehead atoms. The molecule has 4 atom stereocenters. The molecular formula is C17H28O3. The molecule has 3 heteroatoms. The quantitative estimate of drug-likeness (QED) is 0.776. The van der Waals surface area contributed by atoms with Crippen molar-refractivity contribution in [1.29, 1.82) is 0 Å². The highest BCUT2D eigenvalue weighted by Crippen LogP contribution is 2.61. The van der Waals surface area contributed by atoms with Gasteiger partial charge < -0.3 is 9.47 Å². The van der Waals surface area contributed by atoms with Crippen molar-refractivity contribution in [3.8, 4) is 0 Å². The van der Waals surface area contributed by atoms with Crippen LogP contribution in [0, 0.1) is 22.7 Å². The second-order valence-corrected chi connectivity index (χ2v) is 8.41. The van der Waals surface area contributed by atoms with E-state index < -0.39 is 5.79 Å². The largest absolute Gasteiger partial charge is 0.348 e. The zero-order valence-electron chi connectivity index (χ0n) is 13.5. The Hall–Kier alpha value is -0.410. The molecule has 1 aliphatic heterocycles. The lowest BCUT2D eigenvalue weighted by Gasteiger charge is -2.34. The molecule has 1 heterocycles. The van der Waals surface area contributed by atoms with Gasteiger partial charge in [0.25, 0.3) is 0 Å². The van der Waals surface area contributed by atoms with Gasteiger partial charge in [-0.1, -0.05) is 20.8 Å². The summed E-state index contributed by atoms with van der Waals surface area (Å²) < 4.78 is 11.7. The first-order chi connectivity index (χ1) is 9.14. The lowest BCUT2D eigenvalue weighted by atomic mass is 9.72. The van der Waals surface area contributed by atoms with Crippen molar-refractivity contribution in [2.75, 3.05) is 6.61 Å². The fourth-order valence-corrected chi connectivity index (χ4v) is 4.92. The third-order valence-electron chi connectivity index (χ3n) is 6.22. The maximum absolute atomic E-state index is 12.3. The number of rotatable bonds is 2. The predicted octanol–water partition coefficient (Wildman–Crippen LogP) is 3.56. The van der Waals surface area contributed by atoms with Gasteiger partial charge in [-0.25, -0.2) is 0 Å². The summed E-state index contributed by atoms with van der Waals surface area (Å²) in [5, 5.41) is 0. The number of hydrogen-bond donors (Lipinski definition) is 0. The summed E-state index contributed by atoms with van der Waals surface area (Å²) in [4.78, 5) is 12.3. The molecule has 3 rings (SSSR count). The average molecular weight is 280 g/mol. The van der Waals surface area contributed by atoms with E-state index >= 15 is 0 Å². The fourth-order valence-electron chi connectivity index (χ4n) is 4.92. The van der Waals surface area contributed by atoms with Gasteiger partial charge in [-0.15, -0.1) is 0 Å². The van der Waals surface area contributed by atoms with Gasteiger partial charge in [-0.3, -0.25) is 4.79 Å². The Labute approximate surface area is 122 Å². The van der Waals surface area contributed by atoms with Crippen molar-refractivity contribution in [1.82, 2.24) is 0 Å². The topological polar surface area (TPSA) is 35.5 Å². The molecular weight excluding hydrogens is 252 g/mol. The lowest BCUT2D eigenvalue weighted by molar-refractivity contribution is -0.142. The third kappa shape index (κ3) is 2.14. The van der Waals surface area contributed by atoms with Crippen LogP contribution in [0.1, 0.15) is 60.3 Å². The number of hydrogen-bond acceptors (Lipinski definition) is 3. The minimum absolute atomic E-state index is 0.116. The first-order valence-electron chi connectivity index (χ1n) is 7.99. The fraction of sp³-hybridized carbons (Fsp3) is 0.941. The maximum Gasteiger partial charge on any atom is 0.163 e. The molecule has 0 unspecified atom stereocenters. The van der Waals surface area contributed by atoms with E-state index in [0.29, 0.717) is 24.2 Å². The van der Waals surface area contributed by atoms with Crippen LogP contribution in [0.2, 0.25) is 0 Å². The van der Waals surface area contributed by atoms with Crippen LogP contribution >= 0.6 is 0 Å². The second kappa shape index (κ2) is 4.30. The van der Waals surface area contributed by atoms with E-state index in [9.17, 15) is 4.79 Å². The summed E-state index contributed by atoms with van der Waals surface area (Å²) in [6.07, 6.45) is 4.40. The zero-order chi connectivity index (χ0) is 14.8. The number of carbonyl (C=O) groups excluding carboxylic acids is 1. The molecule has 20 heavy (non-hydrogen) atoms. The van der Waals surface area contributed by atoms with Crippen molar-refractivity contribution in [2.24, 2.45) is 22.7 Å². The summed E-state index contributed by atoms with van der Waals surface area (Å²) >= 11 is 0. The Morgan fingerprint density at radius 3 is 2.45 bits per heavy atom. The van der Waals surface area contributed by atoms with Gasteiger partial charge in [0, 0.05) is 11.8 Å². The monoisotopic (exact) mass is 280 g/mol. The molecule has 3 fully saturated rings. The number of ketones is 1. The van der Waals surface area contributed by atoms with E-state index in [1.807, 2.05) is 13.8 Å². The minimum atomic E-state index is -0.441. The summed E-state index contributed by atoms with van der Waals surface area (Å²) in [6, 6.07) is 0. The van der Waals surface area contributed by atoms with Crippen molar-refractivity contribution in [3.63, 3.8) is 0 Å². The van der Waals surface area contributed by atoms with E-state index in [4.69, 9.17) is 9.47 Å². The molecule has 2 saturated carbocycles. The average Bonchev–Trinajstić information content (AvgIpc) is 2.88. The predicted molar refractivity (Wildman–Crippen MR) is 77.2 cm³/mol. The van der Waals surface area contributed by atoms with Crippen molar-refractivity contribution < 1.29 is 14.3 Å². The third-order valence-corrected chi connectivity index (χ3v) is 6.22. The molecule has 0 aromatic rings. The molecule has 3 nitrogen and oxygen atoms in total. The number of ether oxygens (including phenoxy) is 2. The van der Waals surface area contributed by atoms with Gasteiger partial charge in [0.1, 0.15) is 5.78 Å². The van der Waals surface area contributed by atoms with Crippen molar-refractivity contribution in [2.45, 2.75) is 72.2 Å². The lowest BCUT2D eigenvalue weighted by Crippen LogP contribution is -2.31. The summed E-state index contributed by atoms with van der Waals surface area (Å²) in [6.45, 7) is 11.3. The highest BCUT2D eigenvalue weighted by molar-refractivity contribution is 5.87. The normalized spacial score (nSPS) is 45.9. The second-order valence-electron chi connectivity index (χ2n) is 8.41. The molecule has 0 N–H and O–H groups in total. The first kappa shape index (κ1) is 14.5. The van der Waals surface area contributed by atoms with Crippen LogP contribution in [-0.4, -0.2) is 24.3 Å². The van der Waals surface area contributed by atoms with Crippen LogP contribution in [0.4, 0.5) is 0 Å².